The standard InChI is InChI=1S/C21H19NO5/c1-13(20(23)16-12-22-17-6-3-2-5-15(16)17)27-21(24)14-7-8-18-19(11-14)26-10-4-9-25-18/h2-3,5-8,11-13,22H,4,9-10H2,1H3. The second-order valence-electron chi connectivity index (χ2n) is 6.37. The van der Waals surface area contributed by atoms with Gasteiger partial charge in [-0.2, -0.15) is 0 Å². The number of para-hydroxylation sites is 1. The molecule has 1 N–H and O–H groups in total. The molecule has 4 rings (SSSR count). The van der Waals surface area contributed by atoms with Crippen LogP contribution in [0.15, 0.2) is 48.7 Å². The molecule has 0 saturated carbocycles. The highest BCUT2D eigenvalue weighted by Gasteiger charge is 2.23. The highest BCUT2D eigenvalue weighted by atomic mass is 16.5. The van der Waals surface area contributed by atoms with Crippen molar-refractivity contribution in [1.29, 1.82) is 0 Å². The van der Waals surface area contributed by atoms with E-state index < -0.39 is 12.1 Å². The molecular formula is C21H19NO5. The molecule has 6 nitrogen and oxygen atoms in total. The van der Waals surface area contributed by atoms with Crippen LogP contribution in [0, 0.1) is 0 Å². The number of nitrogens with one attached hydrogen (secondary N) is 1. The van der Waals surface area contributed by atoms with Crippen LogP contribution < -0.4 is 9.47 Å². The lowest BCUT2D eigenvalue weighted by Gasteiger charge is -2.13. The van der Waals surface area contributed by atoms with Crippen molar-refractivity contribution in [3.8, 4) is 11.5 Å². The predicted molar refractivity (Wildman–Crippen MR) is 99.6 cm³/mol. The van der Waals surface area contributed by atoms with Gasteiger partial charge in [0.25, 0.3) is 0 Å². The smallest absolute Gasteiger partial charge is 0.338 e. The Morgan fingerprint density at radius 3 is 2.70 bits per heavy atom. The first-order valence-corrected chi connectivity index (χ1v) is 8.84. The topological polar surface area (TPSA) is 77.6 Å². The fourth-order valence-electron chi connectivity index (χ4n) is 3.07. The van der Waals surface area contributed by atoms with Gasteiger partial charge >= 0.3 is 5.97 Å². The van der Waals surface area contributed by atoms with Crippen molar-refractivity contribution >= 4 is 22.7 Å². The number of hydrogen-bond donors (Lipinski definition) is 1. The van der Waals surface area contributed by atoms with Gasteiger partial charge in [-0.25, -0.2) is 4.79 Å². The van der Waals surface area contributed by atoms with Crippen LogP contribution in [0.5, 0.6) is 11.5 Å². The Balaban J connectivity index is 1.50. The van der Waals surface area contributed by atoms with Gasteiger partial charge in [0, 0.05) is 29.1 Å². The summed E-state index contributed by atoms with van der Waals surface area (Å²) >= 11 is 0. The second-order valence-corrected chi connectivity index (χ2v) is 6.37. The fourth-order valence-corrected chi connectivity index (χ4v) is 3.07. The minimum absolute atomic E-state index is 0.254. The summed E-state index contributed by atoms with van der Waals surface area (Å²) in [6.45, 7) is 2.68. The number of H-pyrrole nitrogens is 1. The third kappa shape index (κ3) is 3.38. The number of hydrogen-bond acceptors (Lipinski definition) is 5. The lowest BCUT2D eigenvalue weighted by Crippen LogP contribution is -2.24. The van der Waals surface area contributed by atoms with E-state index in [1.807, 2.05) is 24.3 Å². The largest absolute Gasteiger partial charge is 0.490 e. The van der Waals surface area contributed by atoms with Crippen LogP contribution >= 0.6 is 0 Å². The number of ether oxygens (including phenoxy) is 3. The molecule has 2 aromatic carbocycles. The van der Waals surface area contributed by atoms with Crippen molar-refractivity contribution in [2.45, 2.75) is 19.4 Å². The Labute approximate surface area is 156 Å². The monoisotopic (exact) mass is 365 g/mol. The van der Waals surface area contributed by atoms with Crippen LogP contribution in [-0.4, -0.2) is 36.1 Å². The van der Waals surface area contributed by atoms with Gasteiger partial charge in [0.2, 0.25) is 5.78 Å². The van der Waals surface area contributed by atoms with Crippen LogP contribution in [-0.2, 0) is 4.74 Å². The van der Waals surface area contributed by atoms with Gasteiger partial charge in [-0.15, -0.1) is 0 Å². The number of carbonyl (C=O) groups is 2. The summed E-state index contributed by atoms with van der Waals surface area (Å²) in [7, 11) is 0. The molecule has 0 amide bonds. The lowest BCUT2D eigenvalue weighted by molar-refractivity contribution is 0.0319. The van der Waals surface area contributed by atoms with Crippen molar-refractivity contribution in [2.24, 2.45) is 0 Å². The van der Waals surface area contributed by atoms with Crippen LogP contribution in [0.3, 0.4) is 0 Å². The first-order valence-electron chi connectivity index (χ1n) is 8.84. The number of benzene rings is 2. The Morgan fingerprint density at radius 1 is 1.07 bits per heavy atom. The molecular weight excluding hydrogens is 346 g/mol. The maximum atomic E-state index is 12.7. The minimum atomic E-state index is -0.910. The van der Waals surface area contributed by atoms with Gasteiger partial charge in [0.05, 0.1) is 18.8 Å². The number of rotatable bonds is 4. The third-order valence-electron chi connectivity index (χ3n) is 4.49. The van der Waals surface area contributed by atoms with Gasteiger partial charge in [0.1, 0.15) is 0 Å². The van der Waals surface area contributed by atoms with Crippen molar-refractivity contribution in [3.05, 3.63) is 59.8 Å². The highest BCUT2D eigenvalue weighted by molar-refractivity contribution is 6.10. The SMILES string of the molecule is CC(OC(=O)c1ccc2c(c1)OCCCO2)C(=O)c1c[nH]c2ccccc12. The average molecular weight is 365 g/mol. The molecule has 3 aromatic rings. The second kappa shape index (κ2) is 7.15. The fraction of sp³-hybridized carbons (Fsp3) is 0.238. The van der Waals surface area contributed by atoms with E-state index in [4.69, 9.17) is 14.2 Å². The van der Waals surface area contributed by atoms with Crippen molar-refractivity contribution in [3.63, 3.8) is 0 Å². The van der Waals surface area contributed by atoms with E-state index in [0.29, 0.717) is 35.8 Å². The molecule has 138 valence electrons. The van der Waals surface area contributed by atoms with Gasteiger partial charge in [-0.05, 0) is 31.2 Å². The van der Waals surface area contributed by atoms with Crippen molar-refractivity contribution < 1.29 is 23.8 Å². The van der Waals surface area contributed by atoms with Crippen LogP contribution in [0.2, 0.25) is 0 Å². The van der Waals surface area contributed by atoms with Crippen molar-refractivity contribution in [2.75, 3.05) is 13.2 Å². The van der Waals surface area contributed by atoms with Gasteiger partial charge in [0.15, 0.2) is 17.6 Å². The first-order chi connectivity index (χ1) is 13.1. The van der Waals surface area contributed by atoms with Crippen LogP contribution in [0.1, 0.15) is 34.1 Å². The number of esters is 1. The number of aromatic nitrogens is 1. The lowest BCUT2D eigenvalue weighted by atomic mass is 10.1. The summed E-state index contributed by atoms with van der Waals surface area (Å²) in [5, 5.41) is 0.806. The van der Waals surface area contributed by atoms with E-state index in [-0.39, 0.29) is 5.78 Å². The van der Waals surface area contributed by atoms with E-state index in [1.165, 1.54) is 0 Å². The Bertz CT molecular complexity index is 1010. The molecule has 0 aliphatic carbocycles. The number of ketones is 1. The Kier molecular flexibility index (Phi) is 4.54. The molecule has 0 bridgehead atoms. The summed E-state index contributed by atoms with van der Waals surface area (Å²) in [6, 6.07) is 12.4. The third-order valence-corrected chi connectivity index (χ3v) is 4.49. The zero-order chi connectivity index (χ0) is 18.8. The first kappa shape index (κ1) is 17.1. The number of aromatic amines is 1. The zero-order valence-corrected chi connectivity index (χ0v) is 14.9. The van der Waals surface area contributed by atoms with Gasteiger partial charge in [-0.1, -0.05) is 18.2 Å². The van der Waals surface area contributed by atoms with Crippen molar-refractivity contribution in [1.82, 2.24) is 4.98 Å². The van der Waals surface area contributed by atoms with Crippen LogP contribution in [0.4, 0.5) is 0 Å². The van der Waals surface area contributed by atoms with E-state index in [9.17, 15) is 9.59 Å². The molecule has 0 radical (unpaired) electrons. The number of Topliss-reactive ketones (excluding diaryl/α,β-unsaturated/α-hetero) is 1. The predicted octanol–water partition coefficient (Wildman–Crippen LogP) is 3.76. The zero-order valence-electron chi connectivity index (χ0n) is 14.9. The number of carbonyl (C=O) groups excluding carboxylic acids is 2. The summed E-state index contributed by atoms with van der Waals surface area (Å²) < 4.78 is 16.5. The normalized spacial score (nSPS) is 14.4. The number of fused-ring (bicyclic) bond motifs is 2. The molecule has 0 fully saturated rings. The Hall–Kier alpha value is -3.28. The summed E-state index contributed by atoms with van der Waals surface area (Å²) in [5.41, 5.74) is 1.68. The van der Waals surface area contributed by atoms with Gasteiger partial charge < -0.3 is 19.2 Å². The van der Waals surface area contributed by atoms with E-state index in [0.717, 1.165) is 17.3 Å². The molecule has 1 aliphatic heterocycles. The molecule has 1 unspecified atom stereocenters. The minimum Gasteiger partial charge on any atom is -0.490 e. The van der Waals surface area contributed by atoms with E-state index in [1.54, 1.807) is 31.3 Å². The molecule has 1 aliphatic rings. The summed E-state index contributed by atoms with van der Waals surface area (Å²) in [4.78, 5) is 28.3. The molecule has 0 saturated heterocycles. The quantitative estimate of drug-likeness (QED) is 0.563. The van der Waals surface area contributed by atoms with E-state index in [2.05, 4.69) is 4.98 Å². The maximum absolute atomic E-state index is 12.7. The van der Waals surface area contributed by atoms with E-state index >= 15 is 0 Å². The molecule has 27 heavy (non-hydrogen) atoms. The molecule has 6 heteroatoms. The maximum Gasteiger partial charge on any atom is 0.338 e. The highest BCUT2D eigenvalue weighted by Crippen LogP contribution is 2.31. The van der Waals surface area contributed by atoms with Crippen LogP contribution in [0.25, 0.3) is 10.9 Å². The Morgan fingerprint density at radius 2 is 1.85 bits per heavy atom. The summed E-state index contributed by atoms with van der Waals surface area (Å²) in [6.07, 6.45) is 1.52. The summed E-state index contributed by atoms with van der Waals surface area (Å²) in [5.74, 6) is 0.283. The average Bonchev–Trinajstić information content (AvgIpc) is 2.97. The molecule has 2 heterocycles. The molecule has 1 atom stereocenters. The molecule has 0 spiro atoms. The molecule has 1 aromatic heterocycles. The van der Waals surface area contributed by atoms with Gasteiger partial charge in [-0.3, -0.25) is 4.79 Å².